The van der Waals surface area contributed by atoms with Gasteiger partial charge in [0, 0.05) is 10.5 Å². The van der Waals surface area contributed by atoms with Crippen LogP contribution in [0.5, 0.6) is 0 Å². The maximum atomic E-state index is 11.7. The van der Waals surface area contributed by atoms with Gasteiger partial charge >= 0.3 is 0 Å². The van der Waals surface area contributed by atoms with Crippen molar-refractivity contribution >= 4 is 17.5 Å². The number of nitrogens with zero attached hydrogens (tertiary/aromatic N) is 2. The van der Waals surface area contributed by atoms with Crippen LogP contribution in [0.25, 0.3) is 0 Å². The number of Topliss-reactive ketones (excluding diaryl/α,β-unsaturated/α-hetero) is 1. The molecule has 0 aliphatic heterocycles. The standard InChI is InChI=1S/C11H8N2OS/c1-15-10-5-3-2-4-9(10)11(14)8(6-12)7-13/h2-5,8H,1H3. The Hall–Kier alpha value is -1.78. The molecule has 0 atom stereocenters. The number of hydrogen-bond donors (Lipinski definition) is 0. The van der Waals surface area contributed by atoms with E-state index in [0.29, 0.717) is 5.56 Å². The molecule has 74 valence electrons. The van der Waals surface area contributed by atoms with Crippen LogP contribution in [0.2, 0.25) is 0 Å². The number of nitriles is 2. The second-order valence-electron chi connectivity index (χ2n) is 2.76. The van der Waals surface area contributed by atoms with Crippen LogP contribution < -0.4 is 0 Å². The molecule has 15 heavy (non-hydrogen) atoms. The Kier molecular flexibility index (Phi) is 3.91. The van der Waals surface area contributed by atoms with Crippen molar-refractivity contribution in [3.05, 3.63) is 29.8 Å². The minimum absolute atomic E-state index is 0.426. The van der Waals surface area contributed by atoms with E-state index in [4.69, 9.17) is 10.5 Å². The predicted molar refractivity (Wildman–Crippen MR) is 57.3 cm³/mol. The first-order chi connectivity index (χ1) is 7.24. The van der Waals surface area contributed by atoms with Gasteiger partial charge in [0.05, 0.1) is 12.1 Å². The lowest BCUT2D eigenvalue weighted by Crippen LogP contribution is -2.11. The molecule has 1 rings (SSSR count). The summed E-state index contributed by atoms with van der Waals surface area (Å²) >= 11 is 1.42. The number of benzene rings is 1. The zero-order valence-corrected chi connectivity index (χ0v) is 8.91. The molecule has 0 aliphatic carbocycles. The Balaban J connectivity index is 3.13. The van der Waals surface area contributed by atoms with Gasteiger partial charge in [0.25, 0.3) is 0 Å². The first-order valence-electron chi connectivity index (χ1n) is 4.21. The van der Waals surface area contributed by atoms with Gasteiger partial charge in [-0.3, -0.25) is 4.79 Å². The molecular formula is C11H8N2OS. The second kappa shape index (κ2) is 5.19. The van der Waals surface area contributed by atoms with Gasteiger partial charge in [0.15, 0.2) is 11.7 Å². The minimum Gasteiger partial charge on any atom is -0.291 e. The normalized spacial score (nSPS) is 9.33. The molecule has 0 unspecified atom stereocenters. The van der Waals surface area contributed by atoms with Gasteiger partial charge in [-0.15, -0.1) is 11.8 Å². The Bertz CT molecular complexity index is 442. The molecule has 3 nitrogen and oxygen atoms in total. The highest BCUT2D eigenvalue weighted by Gasteiger charge is 2.20. The molecule has 0 radical (unpaired) electrons. The molecule has 0 bridgehead atoms. The van der Waals surface area contributed by atoms with Gasteiger partial charge in [-0.05, 0) is 12.3 Å². The van der Waals surface area contributed by atoms with E-state index in [2.05, 4.69) is 0 Å². The van der Waals surface area contributed by atoms with Gasteiger partial charge in [0.2, 0.25) is 0 Å². The summed E-state index contributed by atoms with van der Waals surface area (Å²) in [5.41, 5.74) is 0.443. The fourth-order valence-electron chi connectivity index (χ4n) is 1.15. The van der Waals surface area contributed by atoms with Crippen LogP contribution in [0.1, 0.15) is 10.4 Å². The van der Waals surface area contributed by atoms with Crippen molar-refractivity contribution in [2.45, 2.75) is 4.90 Å². The molecule has 0 aliphatic rings. The first-order valence-corrected chi connectivity index (χ1v) is 5.43. The summed E-state index contributed by atoms with van der Waals surface area (Å²) in [5.74, 6) is -1.64. The van der Waals surface area contributed by atoms with Crippen LogP contribution in [-0.2, 0) is 0 Å². The van der Waals surface area contributed by atoms with Gasteiger partial charge in [0.1, 0.15) is 0 Å². The molecule has 0 saturated carbocycles. The van der Waals surface area contributed by atoms with Gasteiger partial charge in [-0.25, -0.2) is 0 Å². The van der Waals surface area contributed by atoms with Crippen molar-refractivity contribution in [3.63, 3.8) is 0 Å². The minimum atomic E-state index is -1.21. The maximum absolute atomic E-state index is 11.7. The molecule has 1 aromatic carbocycles. The Morgan fingerprint density at radius 3 is 2.47 bits per heavy atom. The van der Waals surface area contributed by atoms with Crippen molar-refractivity contribution in [1.29, 1.82) is 10.5 Å². The van der Waals surface area contributed by atoms with Crippen LogP contribution in [0.15, 0.2) is 29.2 Å². The van der Waals surface area contributed by atoms with Gasteiger partial charge in [-0.2, -0.15) is 10.5 Å². The number of thioether (sulfide) groups is 1. The van der Waals surface area contributed by atoms with E-state index < -0.39 is 11.7 Å². The quantitative estimate of drug-likeness (QED) is 0.574. The number of ketones is 1. The van der Waals surface area contributed by atoms with Crippen LogP contribution in [0.4, 0.5) is 0 Å². The molecule has 4 heteroatoms. The van der Waals surface area contributed by atoms with E-state index in [1.165, 1.54) is 11.8 Å². The lowest BCUT2D eigenvalue weighted by atomic mass is 10.0. The number of rotatable bonds is 3. The highest BCUT2D eigenvalue weighted by molar-refractivity contribution is 7.98. The highest BCUT2D eigenvalue weighted by Crippen LogP contribution is 2.22. The topological polar surface area (TPSA) is 64.7 Å². The first kappa shape index (κ1) is 11.3. The monoisotopic (exact) mass is 216 g/mol. The summed E-state index contributed by atoms with van der Waals surface area (Å²) in [7, 11) is 0. The average molecular weight is 216 g/mol. The summed E-state index contributed by atoms with van der Waals surface area (Å²) in [6.07, 6.45) is 1.85. The zero-order valence-electron chi connectivity index (χ0n) is 8.10. The molecule has 0 aromatic heterocycles. The molecule has 0 heterocycles. The van der Waals surface area contributed by atoms with E-state index in [1.54, 1.807) is 30.3 Å². The van der Waals surface area contributed by atoms with Crippen molar-refractivity contribution in [2.24, 2.45) is 5.92 Å². The number of carbonyl (C=O) groups is 1. The Morgan fingerprint density at radius 2 is 1.93 bits per heavy atom. The third kappa shape index (κ3) is 2.37. The summed E-state index contributed by atoms with van der Waals surface area (Å²) in [6, 6.07) is 10.3. The summed E-state index contributed by atoms with van der Waals surface area (Å²) in [5, 5.41) is 17.2. The van der Waals surface area contributed by atoms with Crippen LogP contribution >= 0.6 is 11.8 Å². The molecule has 0 N–H and O–H groups in total. The Morgan fingerprint density at radius 1 is 1.33 bits per heavy atom. The number of hydrogen-bond acceptors (Lipinski definition) is 4. The predicted octanol–water partition coefficient (Wildman–Crippen LogP) is 2.25. The lowest BCUT2D eigenvalue weighted by molar-refractivity contribution is 0.0968. The molecule has 0 fully saturated rings. The molecule has 0 saturated heterocycles. The van der Waals surface area contributed by atoms with Crippen LogP contribution in [-0.4, -0.2) is 12.0 Å². The van der Waals surface area contributed by atoms with Crippen LogP contribution in [0, 0.1) is 28.6 Å². The fraction of sp³-hybridized carbons (Fsp3) is 0.182. The average Bonchev–Trinajstić information content (AvgIpc) is 2.30. The van der Waals surface area contributed by atoms with Crippen molar-refractivity contribution < 1.29 is 4.79 Å². The van der Waals surface area contributed by atoms with Gasteiger partial charge in [-0.1, -0.05) is 18.2 Å². The van der Waals surface area contributed by atoms with E-state index in [9.17, 15) is 4.79 Å². The van der Waals surface area contributed by atoms with E-state index in [0.717, 1.165) is 4.90 Å². The number of carbonyl (C=O) groups excluding carboxylic acids is 1. The van der Waals surface area contributed by atoms with Crippen molar-refractivity contribution in [3.8, 4) is 12.1 Å². The van der Waals surface area contributed by atoms with E-state index >= 15 is 0 Å². The largest absolute Gasteiger partial charge is 0.291 e. The highest BCUT2D eigenvalue weighted by atomic mass is 32.2. The lowest BCUT2D eigenvalue weighted by Gasteiger charge is -2.05. The molecular weight excluding hydrogens is 208 g/mol. The third-order valence-corrected chi connectivity index (χ3v) is 2.69. The van der Waals surface area contributed by atoms with Gasteiger partial charge < -0.3 is 0 Å². The smallest absolute Gasteiger partial charge is 0.195 e. The SMILES string of the molecule is CSc1ccccc1C(=O)C(C#N)C#N. The summed E-state index contributed by atoms with van der Waals surface area (Å²) in [4.78, 5) is 12.5. The third-order valence-electron chi connectivity index (χ3n) is 1.89. The summed E-state index contributed by atoms with van der Waals surface area (Å²) in [6.45, 7) is 0. The fourth-order valence-corrected chi connectivity index (χ4v) is 1.75. The Labute approximate surface area is 92.3 Å². The van der Waals surface area contributed by atoms with Crippen molar-refractivity contribution in [2.75, 3.05) is 6.26 Å². The summed E-state index contributed by atoms with van der Waals surface area (Å²) < 4.78 is 0. The second-order valence-corrected chi connectivity index (χ2v) is 3.60. The maximum Gasteiger partial charge on any atom is 0.195 e. The van der Waals surface area contributed by atoms with E-state index in [1.807, 2.05) is 12.3 Å². The molecule has 1 aromatic rings. The van der Waals surface area contributed by atoms with E-state index in [-0.39, 0.29) is 0 Å². The molecule has 0 amide bonds. The van der Waals surface area contributed by atoms with Crippen molar-refractivity contribution in [1.82, 2.24) is 0 Å². The van der Waals surface area contributed by atoms with Crippen LogP contribution in [0.3, 0.4) is 0 Å². The zero-order chi connectivity index (χ0) is 11.3. The molecule has 0 spiro atoms.